The molecule has 0 radical (unpaired) electrons. The molecule has 0 amide bonds. The number of aryl methyl sites for hydroxylation is 1. The fourth-order valence-corrected chi connectivity index (χ4v) is 4.68. The molecule has 0 bridgehead atoms. The van der Waals surface area contributed by atoms with Crippen molar-refractivity contribution in [2.45, 2.75) is 26.2 Å². The van der Waals surface area contributed by atoms with Gasteiger partial charge < -0.3 is 19.4 Å². The topological polar surface area (TPSA) is 93.1 Å². The molecule has 4 rings (SSSR count). The fourth-order valence-electron chi connectivity index (χ4n) is 3.94. The van der Waals surface area contributed by atoms with Crippen molar-refractivity contribution < 1.29 is 19.4 Å². The van der Waals surface area contributed by atoms with Crippen molar-refractivity contribution in [2.75, 3.05) is 20.3 Å². The highest BCUT2D eigenvalue weighted by molar-refractivity contribution is 7.13. The number of benzene rings is 3. The van der Waals surface area contributed by atoms with E-state index in [1.807, 2.05) is 66.7 Å². The molecule has 192 valence electrons. The maximum absolute atomic E-state index is 11.4. The summed E-state index contributed by atoms with van der Waals surface area (Å²) in [7, 11) is 1.56. The minimum absolute atomic E-state index is 0.112. The van der Waals surface area contributed by atoms with E-state index in [9.17, 15) is 9.90 Å². The first kappa shape index (κ1) is 26.0. The predicted molar refractivity (Wildman–Crippen MR) is 147 cm³/mol. The summed E-state index contributed by atoms with van der Waals surface area (Å²) in [5.74, 6) is 1.47. The molecule has 4 aromatic rings. The quantitative estimate of drug-likeness (QED) is 0.136. The standard InChI is InChI=1S/C29H30N2O5S/c1-3-8-22-19-23(26(31-34-2)20-9-5-4-6-10-20)13-16-25(22)36-18-7-17-35-24-14-11-21(12-15-24)27-28(32)30-29(33)37-27/h4-6,9-16,19,32H,3,7-8,17-18H2,1-2H3,(H,30,33). The van der Waals surface area contributed by atoms with Gasteiger partial charge in [0, 0.05) is 17.5 Å². The van der Waals surface area contributed by atoms with Crippen molar-refractivity contribution in [3.8, 4) is 27.8 Å². The van der Waals surface area contributed by atoms with E-state index in [1.54, 1.807) is 7.11 Å². The first-order valence-corrected chi connectivity index (χ1v) is 13.0. The number of aromatic hydroxyl groups is 1. The SMILES string of the molecule is CCCc1cc(C(=NOC)c2ccccc2)ccc1OCCCOc1ccc(-c2sc(=O)[nH]c2O)cc1. The van der Waals surface area contributed by atoms with E-state index in [0.717, 1.165) is 64.3 Å². The van der Waals surface area contributed by atoms with Crippen LogP contribution in [0.5, 0.6) is 17.4 Å². The molecule has 0 aliphatic rings. The predicted octanol–water partition coefficient (Wildman–Crippen LogP) is 6.01. The Morgan fingerprint density at radius 2 is 1.73 bits per heavy atom. The van der Waals surface area contributed by atoms with Gasteiger partial charge in [-0.1, -0.05) is 60.2 Å². The van der Waals surface area contributed by atoms with Crippen LogP contribution in [0.4, 0.5) is 0 Å². The molecular weight excluding hydrogens is 488 g/mol. The Hall–Kier alpha value is -4.04. The first-order valence-electron chi connectivity index (χ1n) is 12.2. The van der Waals surface area contributed by atoms with E-state index in [1.165, 1.54) is 0 Å². The summed E-state index contributed by atoms with van der Waals surface area (Å²) in [6.45, 7) is 3.17. The number of nitrogens with one attached hydrogen (secondary N) is 1. The Labute approximate surface area is 220 Å². The van der Waals surface area contributed by atoms with E-state index in [2.05, 4.69) is 23.1 Å². The summed E-state index contributed by atoms with van der Waals surface area (Å²) >= 11 is 0.972. The number of oxime groups is 1. The van der Waals surface area contributed by atoms with E-state index >= 15 is 0 Å². The maximum atomic E-state index is 11.4. The van der Waals surface area contributed by atoms with Gasteiger partial charge in [0.05, 0.1) is 18.1 Å². The molecule has 0 fully saturated rings. The van der Waals surface area contributed by atoms with Gasteiger partial charge in [0.1, 0.15) is 24.3 Å². The van der Waals surface area contributed by atoms with Gasteiger partial charge in [-0.3, -0.25) is 9.78 Å². The molecule has 1 heterocycles. The average Bonchev–Trinajstić information content (AvgIpc) is 3.26. The summed E-state index contributed by atoms with van der Waals surface area (Å²) in [5, 5.41) is 14.1. The van der Waals surface area contributed by atoms with Crippen LogP contribution in [0, 0.1) is 0 Å². The second kappa shape index (κ2) is 12.8. The molecule has 8 heteroatoms. The Morgan fingerprint density at radius 1 is 0.973 bits per heavy atom. The van der Waals surface area contributed by atoms with Crippen LogP contribution in [0.15, 0.2) is 82.7 Å². The van der Waals surface area contributed by atoms with Gasteiger partial charge in [0.2, 0.25) is 5.88 Å². The van der Waals surface area contributed by atoms with E-state index in [-0.39, 0.29) is 10.8 Å². The van der Waals surface area contributed by atoms with Gasteiger partial charge in [-0.15, -0.1) is 0 Å². The molecule has 0 spiro atoms. The largest absolute Gasteiger partial charge is 0.493 e. The zero-order chi connectivity index (χ0) is 26.0. The number of aromatic nitrogens is 1. The molecule has 3 aromatic carbocycles. The van der Waals surface area contributed by atoms with Gasteiger partial charge in [0.15, 0.2) is 0 Å². The van der Waals surface area contributed by atoms with Crippen molar-refractivity contribution >= 4 is 17.0 Å². The Morgan fingerprint density at radius 3 is 2.41 bits per heavy atom. The molecule has 1 aromatic heterocycles. The molecule has 2 N–H and O–H groups in total. The highest BCUT2D eigenvalue weighted by Gasteiger charge is 2.12. The lowest BCUT2D eigenvalue weighted by atomic mass is 9.98. The van der Waals surface area contributed by atoms with E-state index < -0.39 is 0 Å². The second-order valence-electron chi connectivity index (χ2n) is 8.33. The van der Waals surface area contributed by atoms with Crippen LogP contribution in [0.25, 0.3) is 10.4 Å². The number of aromatic amines is 1. The lowest BCUT2D eigenvalue weighted by Crippen LogP contribution is -2.08. The van der Waals surface area contributed by atoms with Crippen LogP contribution in [0.3, 0.4) is 0 Å². The number of hydrogen-bond acceptors (Lipinski definition) is 7. The van der Waals surface area contributed by atoms with Gasteiger partial charge in [-0.05, 0) is 60.0 Å². The third-order valence-electron chi connectivity index (χ3n) is 5.64. The van der Waals surface area contributed by atoms with Crippen LogP contribution in [0.2, 0.25) is 0 Å². The number of hydrogen-bond donors (Lipinski definition) is 2. The summed E-state index contributed by atoms with van der Waals surface area (Å²) in [5.41, 5.74) is 4.65. The maximum Gasteiger partial charge on any atom is 0.307 e. The summed E-state index contributed by atoms with van der Waals surface area (Å²) in [6.07, 6.45) is 2.61. The number of ether oxygens (including phenoxy) is 2. The van der Waals surface area contributed by atoms with Crippen molar-refractivity contribution in [1.29, 1.82) is 0 Å². The van der Waals surface area contributed by atoms with Crippen molar-refractivity contribution in [1.82, 2.24) is 4.98 Å². The van der Waals surface area contributed by atoms with E-state index in [0.29, 0.717) is 23.8 Å². The van der Waals surface area contributed by atoms with E-state index in [4.69, 9.17) is 14.3 Å². The zero-order valence-corrected chi connectivity index (χ0v) is 21.7. The normalized spacial score (nSPS) is 11.4. The monoisotopic (exact) mass is 518 g/mol. The molecule has 7 nitrogen and oxygen atoms in total. The second-order valence-corrected chi connectivity index (χ2v) is 9.31. The van der Waals surface area contributed by atoms with Gasteiger partial charge in [0.25, 0.3) is 0 Å². The van der Waals surface area contributed by atoms with Crippen LogP contribution in [-0.2, 0) is 11.3 Å². The van der Waals surface area contributed by atoms with Crippen LogP contribution >= 0.6 is 11.3 Å². The molecule has 0 aliphatic carbocycles. The fraction of sp³-hybridized carbons (Fsp3) is 0.241. The number of H-pyrrole nitrogens is 1. The molecule has 0 atom stereocenters. The molecule has 0 saturated carbocycles. The van der Waals surface area contributed by atoms with Crippen LogP contribution < -0.4 is 14.3 Å². The lowest BCUT2D eigenvalue weighted by Gasteiger charge is -2.14. The highest BCUT2D eigenvalue weighted by Crippen LogP contribution is 2.31. The van der Waals surface area contributed by atoms with Crippen molar-refractivity contribution in [3.63, 3.8) is 0 Å². The highest BCUT2D eigenvalue weighted by atomic mass is 32.1. The molecule has 37 heavy (non-hydrogen) atoms. The number of rotatable bonds is 12. The van der Waals surface area contributed by atoms with Gasteiger partial charge >= 0.3 is 4.87 Å². The van der Waals surface area contributed by atoms with Crippen LogP contribution in [-0.4, -0.2) is 36.1 Å². The molecular formula is C29H30N2O5S. The number of nitrogens with zero attached hydrogens (tertiary/aromatic N) is 1. The summed E-state index contributed by atoms with van der Waals surface area (Å²) in [6, 6.07) is 23.4. The van der Waals surface area contributed by atoms with Gasteiger partial charge in [-0.25, -0.2) is 0 Å². The molecule has 0 aliphatic heterocycles. The Kier molecular flexibility index (Phi) is 8.99. The lowest BCUT2D eigenvalue weighted by molar-refractivity contribution is 0.214. The van der Waals surface area contributed by atoms with Crippen molar-refractivity contribution in [2.24, 2.45) is 5.16 Å². The average molecular weight is 519 g/mol. The molecule has 0 saturated heterocycles. The van der Waals surface area contributed by atoms with Crippen molar-refractivity contribution in [3.05, 3.63) is 99.2 Å². The first-order chi connectivity index (χ1) is 18.1. The summed E-state index contributed by atoms with van der Waals surface area (Å²) in [4.78, 5) is 19.1. The third kappa shape index (κ3) is 6.80. The van der Waals surface area contributed by atoms with Crippen LogP contribution in [0.1, 0.15) is 36.5 Å². The minimum Gasteiger partial charge on any atom is -0.493 e. The molecule has 0 unspecified atom stereocenters. The minimum atomic E-state index is -0.288. The zero-order valence-electron chi connectivity index (χ0n) is 20.9. The summed E-state index contributed by atoms with van der Waals surface area (Å²) < 4.78 is 11.9. The van der Waals surface area contributed by atoms with Gasteiger partial charge in [-0.2, -0.15) is 0 Å². The number of thiazole rings is 1. The Balaban J connectivity index is 1.33. The smallest absolute Gasteiger partial charge is 0.307 e. The Bertz CT molecular complexity index is 1380. The third-order valence-corrected chi connectivity index (χ3v) is 6.57.